The van der Waals surface area contributed by atoms with Crippen LogP contribution in [0.3, 0.4) is 0 Å². The van der Waals surface area contributed by atoms with Crippen molar-refractivity contribution in [2.75, 3.05) is 6.54 Å². The third-order valence-corrected chi connectivity index (χ3v) is 1.91. The van der Waals surface area contributed by atoms with Crippen LogP contribution >= 0.6 is 11.8 Å². The summed E-state index contributed by atoms with van der Waals surface area (Å²) in [6, 6.07) is -0.193. The van der Waals surface area contributed by atoms with Crippen LogP contribution < -0.4 is 0 Å². The maximum atomic E-state index is 12.3. The molecule has 0 aliphatic carbocycles. The molecule has 0 unspecified atom stereocenters. The molecule has 1 aliphatic rings. The van der Waals surface area contributed by atoms with Crippen LogP contribution in [0.2, 0.25) is 0 Å². The maximum Gasteiger partial charge on any atom is 0.263 e. The molecule has 1 saturated heterocycles. The van der Waals surface area contributed by atoms with E-state index in [-0.39, 0.29) is 19.0 Å². The molecule has 4 heteroatoms. The van der Waals surface area contributed by atoms with E-state index in [0.717, 1.165) is 4.42 Å². The smallest absolute Gasteiger partial charge is 0.211 e. The van der Waals surface area contributed by atoms with Crippen molar-refractivity contribution in [1.82, 2.24) is 4.42 Å². The van der Waals surface area contributed by atoms with Gasteiger partial charge in [0.15, 0.2) is 0 Å². The highest BCUT2D eigenvalue weighted by atomic mass is 35.5. The Hall–Kier alpha value is 0.110. The average molecular weight is 156 g/mol. The number of alkyl halides is 2. The number of rotatable bonds is 0. The van der Waals surface area contributed by atoms with E-state index in [0.29, 0.717) is 0 Å². The van der Waals surface area contributed by atoms with Gasteiger partial charge in [-0.2, -0.15) is 0 Å². The molecule has 1 fully saturated rings. The molecular formula is C5H8ClF2N. The van der Waals surface area contributed by atoms with Gasteiger partial charge < -0.3 is 0 Å². The first-order chi connectivity index (χ1) is 4.01. The Labute approximate surface area is 57.7 Å². The number of nitrogens with zero attached hydrogens (tertiary/aromatic N) is 1. The molecule has 0 bridgehead atoms. The van der Waals surface area contributed by atoms with Crippen molar-refractivity contribution in [3.8, 4) is 0 Å². The van der Waals surface area contributed by atoms with Crippen LogP contribution in [0.15, 0.2) is 0 Å². The second-order valence-corrected chi connectivity index (χ2v) is 2.90. The first kappa shape index (κ1) is 7.22. The number of hydrogen-bond acceptors (Lipinski definition) is 1. The quantitative estimate of drug-likeness (QED) is 0.483. The molecule has 1 nitrogen and oxygen atoms in total. The lowest BCUT2D eigenvalue weighted by molar-refractivity contribution is 0.0175. The predicted molar refractivity (Wildman–Crippen MR) is 31.6 cm³/mol. The molecule has 0 N–H and O–H groups in total. The monoisotopic (exact) mass is 155 g/mol. The van der Waals surface area contributed by atoms with E-state index in [2.05, 4.69) is 0 Å². The molecule has 0 aromatic carbocycles. The Morgan fingerprint density at radius 1 is 1.67 bits per heavy atom. The van der Waals surface area contributed by atoms with Gasteiger partial charge >= 0.3 is 0 Å². The van der Waals surface area contributed by atoms with Crippen LogP contribution in [0.25, 0.3) is 0 Å². The molecule has 0 aromatic rings. The SMILES string of the molecule is C[C@H]1CC(F)(F)CN1Cl. The van der Waals surface area contributed by atoms with Gasteiger partial charge in [0, 0.05) is 12.5 Å². The van der Waals surface area contributed by atoms with Gasteiger partial charge in [0.2, 0.25) is 0 Å². The van der Waals surface area contributed by atoms with Crippen molar-refractivity contribution in [2.45, 2.75) is 25.3 Å². The molecule has 1 rings (SSSR count). The summed E-state index contributed by atoms with van der Waals surface area (Å²) in [4.78, 5) is 0. The molecule has 0 saturated carbocycles. The molecule has 0 amide bonds. The molecule has 9 heavy (non-hydrogen) atoms. The summed E-state index contributed by atoms with van der Waals surface area (Å²) in [6.07, 6.45) is -0.115. The summed E-state index contributed by atoms with van der Waals surface area (Å²) < 4.78 is 25.8. The van der Waals surface area contributed by atoms with E-state index in [1.165, 1.54) is 0 Å². The molecule has 1 heterocycles. The molecular weight excluding hydrogens is 148 g/mol. The molecule has 0 aromatic heterocycles. The summed E-state index contributed by atoms with van der Waals surface area (Å²) in [5, 5.41) is 0. The fraction of sp³-hybridized carbons (Fsp3) is 1.00. The average Bonchev–Trinajstić information content (AvgIpc) is 1.79. The van der Waals surface area contributed by atoms with Crippen LogP contribution in [0.5, 0.6) is 0 Å². The fourth-order valence-electron chi connectivity index (χ4n) is 0.973. The molecule has 1 aliphatic heterocycles. The van der Waals surface area contributed by atoms with E-state index >= 15 is 0 Å². The first-order valence-electron chi connectivity index (χ1n) is 2.81. The van der Waals surface area contributed by atoms with Crippen LogP contribution in [-0.2, 0) is 0 Å². The Bertz CT molecular complexity index is 106. The summed E-state index contributed by atoms with van der Waals surface area (Å²) in [5.41, 5.74) is 0. The van der Waals surface area contributed by atoms with Crippen molar-refractivity contribution in [2.24, 2.45) is 0 Å². The Kier molecular flexibility index (Phi) is 1.65. The topological polar surface area (TPSA) is 3.24 Å². The van der Waals surface area contributed by atoms with Crippen molar-refractivity contribution < 1.29 is 8.78 Å². The Morgan fingerprint density at radius 2 is 2.22 bits per heavy atom. The normalized spacial score (nSPS) is 35.3. The van der Waals surface area contributed by atoms with Gasteiger partial charge in [-0.3, -0.25) is 0 Å². The van der Waals surface area contributed by atoms with E-state index in [4.69, 9.17) is 11.8 Å². The minimum Gasteiger partial charge on any atom is -0.211 e. The highest BCUT2D eigenvalue weighted by Crippen LogP contribution is 2.32. The van der Waals surface area contributed by atoms with Crippen molar-refractivity contribution in [3.63, 3.8) is 0 Å². The zero-order chi connectivity index (χ0) is 7.07. The van der Waals surface area contributed by atoms with Gasteiger partial charge in [-0.05, 0) is 18.7 Å². The standard InChI is InChI=1S/C5H8ClF2N/c1-4-2-5(7,8)3-9(4)6/h4H,2-3H2,1H3/t4-/m0/s1. The lowest BCUT2D eigenvalue weighted by Gasteiger charge is -2.07. The summed E-state index contributed by atoms with van der Waals surface area (Å²) in [6.45, 7) is 1.38. The zero-order valence-electron chi connectivity index (χ0n) is 5.07. The second kappa shape index (κ2) is 2.06. The van der Waals surface area contributed by atoms with Crippen LogP contribution in [0, 0.1) is 0 Å². The second-order valence-electron chi connectivity index (χ2n) is 2.47. The Balaban J connectivity index is 2.54. The van der Waals surface area contributed by atoms with Crippen molar-refractivity contribution in [3.05, 3.63) is 0 Å². The largest absolute Gasteiger partial charge is 0.263 e. The minimum absolute atomic E-state index is 0.115. The van der Waals surface area contributed by atoms with E-state index < -0.39 is 5.92 Å². The van der Waals surface area contributed by atoms with Gasteiger partial charge in [0.25, 0.3) is 5.92 Å². The highest BCUT2D eigenvalue weighted by molar-refractivity contribution is 6.13. The zero-order valence-corrected chi connectivity index (χ0v) is 5.83. The number of halogens is 3. The number of hydrogen-bond donors (Lipinski definition) is 0. The van der Waals surface area contributed by atoms with E-state index in [1.54, 1.807) is 6.92 Å². The minimum atomic E-state index is -2.57. The fourth-order valence-corrected chi connectivity index (χ4v) is 1.22. The van der Waals surface area contributed by atoms with Crippen molar-refractivity contribution >= 4 is 11.8 Å². The Morgan fingerprint density at radius 3 is 2.33 bits per heavy atom. The van der Waals surface area contributed by atoms with E-state index in [9.17, 15) is 8.78 Å². The highest BCUT2D eigenvalue weighted by Gasteiger charge is 2.42. The first-order valence-corrected chi connectivity index (χ1v) is 3.15. The maximum absolute atomic E-state index is 12.3. The van der Waals surface area contributed by atoms with Gasteiger partial charge in [-0.25, -0.2) is 13.2 Å². The van der Waals surface area contributed by atoms with Crippen LogP contribution in [0.1, 0.15) is 13.3 Å². The van der Waals surface area contributed by atoms with Gasteiger partial charge in [0.1, 0.15) is 0 Å². The van der Waals surface area contributed by atoms with Crippen molar-refractivity contribution in [1.29, 1.82) is 0 Å². The molecule has 1 atom stereocenters. The lowest BCUT2D eigenvalue weighted by Crippen LogP contribution is -2.19. The third-order valence-electron chi connectivity index (χ3n) is 1.45. The molecule has 54 valence electrons. The summed E-state index contributed by atoms with van der Waals surface area (Å²) in [7, 11) is 0. The van der Waals surface area contributed by atoms with E-state index in [1.807, 2.05) is 0 Å². The summed E-state index contributed by atoms with van der Waals surface area (Å²) in [5.74, 6) is -2.57. The van der Waals surface area contributed by atoms with Crippen LogP contribution in [-0.4, -0.2) is 22.9 Å². The predicted octanol–water partition coefficient (Wildman–Crippen LogP) is 1.87. The van der Waals surface area contributed by atoms with Crippen LogP contribution in [0.4, 0.5) is 8.78 Å². The van der Waals surface area contributed by atoms with Gasteiger partial charge in [-0.15, -0.1) is 0 Å². The van der Waals surface area contributed by atoms with Gasteiger partial charge in [0.05, 0.1) is 6.54 Å². The molecule has 0 radical (unpaired) electrons. The third kappa shape index (κ3) is 1.52. The van der Waals surface area contributed by atoms with Gasteiger partial charge in [-0.1, -0.05) is 0 Å². The lowest BCUT2D eigenvalue weighted by atomic mass is 10.2. The summed E-state index contributed by atoms with van der Waals surface area (Å²) >= 11 is 5.40. The molecule has 0 spiro atoms.